The van der Waals surface area contributed by atoms with Crippen molar-refractivity contribution in [2.75, 3.05) is 19.6 Å². The van der Waals surface area contributed by atoms with Gasteiger partial charge >= 0.3 is 0 Å². The van der Waals surface area contributed by atoms with Crippen molar-refractivity contribution in [3.63, 3.8) is 0 Å². The van der Waals surface area contributed by atoms with E-state index in [1.807, 2.05) is 18.2 Å². The summed E-state index contributed by atoms with van der Waals surface area (Å²) >= 11 is 0. The van der Waals surface area contributed by atoms with E-state index in [1.165, 1.54) is 12.1 Å². The Labute approximate surface area is 180 Å². The number of carbonyl (C=O) groups is 1. The fraction of sp³-hybridized carbons (Fsp3) is 0.300. The van der Waals surface area contributed by atoms with Gasteiger partial charge in [-0.25, -0.2) is 9.37 Å². The Morgan fingerprint density at radius 2 is 1.90 bits per heavy atom. The van der Waals surface area contributed by atoms with Gasteiger partial charge in [-0.3, -0.25) is 4.79 Å². The van der Waals surface area contributed by atoms with E-state index in [0.29, 0.717) is 24.5 Å². The topological polar surface area (TPSA) is 95.8 Å². The normalized spacial score (nSPS) is 18.1. The number of imidazole rings is 1. The maximum absolute atomic E-state index is 13.1. The zero-order valence-electron chi connectivity index (χ0n) is 15.7. The van der Waals surface area contributed by atoms with Gasteiger partial charge < -0.3 is 21.4 Å². The van der Waals surface area contributed by atoms with Crippen LogP contribution in [0.4, 0.5) is 4.39 Å². The summed E-state index contributed by atoms with van der Waals surface area (Å²) < 4.78 is 13.1. The number of aromatic amines is 1. The molecule has 156 valence electrons. The fourth-order valence-electron chi connectivity index (χ4n) is 3.47. The molecule has 1 saturated heterocycles. The van der Waals surface area contributed by atoms with Crippen molar-refractivity contribution in [1.29, 1.82) is 0 Å². The zero-order valence-corrected chi connectivity index (χ0v) is 17.3. The molecule has 1 aromatic heterocycles. The largest absolute Gasteiger partial charge is 0.348 e. The fourth-order valence-corrected chi connectivity index (χ4v) is 3.47. The van der Waals surface area contributed by atoms with Crippen LogP contribution in [-0.4, -0.2) is 41.6 Å². The quantitative estimate of drug-likeness (QED) is 0.491. The van der Waals surface area contributed by atoms with Crippen LogP contribution in [0, 0.1) is 11.7 Å². The van der Waals surface area contributed by atoms with E-state index in [4.69, 9.17) is 5.73 Å². The van der Waals surface area contributed by atoms with E-state index in [1.54, 1.807) is 12.1 Å². The second kappa shape index (κ2) is 10.0. The maximum Gasteiger partial charge on any atom is 0.287 e. The molecule has 0 aliphatic carbocycles. The number of amides is 1. The molecule has 0 bridgehead atoms. The van der Waals surface area contributed by atoms with Crippen LogP contribution >= 0.6 is 24.8 Å². The second-order valence-corrected chi connectivity index (χ2v) is 6.98. The Kier molecular flexibility index (Phi) is 7.98. The number of fused-ring (bicyclic) bond motifs is 1. The minimum absolute atomic E-state index is 0. The first kappa shape index (κ1) is 23.1. The molecule has 2 aromatic carbocycles. The molecule has 29 heavy (non-hydrogen) atoms. The van der Waals surface area contributed by atoms with Crippen LogP contribution in [0.3, 0.4) is 0 Å². The van der Waals surface area contributed by atoms with Gasteiger partial charge in [0.05, 0.1) is 11.0 Å². The molecule has 0 unspecified atom stereocenters. The molecule has 1 aliphatic heterocycles. The second-order valence-electron chi connectivity index (χ2n) is 6.98. The molecular weight excluding hydrogens is 416 g/mol. The molecule has 0 radical (unpaired) electrons. The summed E-state index contributed by atoms with van der Waals surface area (Å²) in [6, 6.07) is 12.2. The third kappa shape index (κ3) is 5.25. The van der Waals surface area contributed by atoms with Gasteiger partial charge in [0.15, 0.2) is 5.82 Å². The van der Waals surface area contributed by atoms with Gasteiger partial charge in [-0.1, -0.05) is 18.2 Å². The Balaban J connectivity index is 0.00000150. The Hall–Kier alpha value is -2.19. The number of nitrogens with two attached hydrogens (primary N) is 1. The number of hydrogen-bond donors (Lipinski definition) is 4. The average Bonchev–Trinajstić information content (AvgIpc) is 3.32. The van der Waals surface area contributed by atoms with Crippen molar-refractivity contribution in [2.24, 2.45) is 11.7 Å². The molecule has 1 amide bonds. The summed E-state index contributed by atoms with van der Waals surface area (Å²) in [5, 5.41) is 6.29. The molecule has 9 heteroatoms. The third-order valence-electron chi connectivity index (χ3n) is 5.03. The van der Waals surface area contributed by atoms with E-state index in [-0.39, 0.29) is 48.4 Å². The summed E-state index contributed by atoms with van der Waals surface area (Å²) in [4.78, 5) is 19.9. The highest BCUT2D eigenvalue weighted by atomic mass is 35.5. The standard InChI is InChI=1S/C20H22FN5O.2ClH/c21-15-4-1-13(2-5-15)14-3-6-17-18(8-14)26-19(25-17)20(27)24-11-16-7-12(9-22)10-23-16;;/h1-6,8,12,16,23H,7,9-11,22H2,(H,24,27)(H,25,26);2*1H/t12-,16+;;/m1../s1. The van der Waals surface area contributed by atoms with Crippen LogP contribution < -0.4 is 16.4 Å². The molecule has 2 atom stereocenters. The van der Waals surface area contributed by atoms with Crippen molar-refractivity contribution >= 4 is 41.8 Å². The lowest BCUT2D eigenvalue weighted by atomic mass is 10.1. The predicted octanol–water partition coefficient (Wildman–Crippen LogP) is 2.88. The summed E-state index contributed by atoms with van der Waals surface area (Å²) in [6.07, 6.45) is 0.970. The molecule has 2 heterocycles. The number of H-pyrrole nitrogens is 1. The molecule has 0 spiro atoms. The van der Waals surface area contributed by atoms with E-state index in [0.717, 1.165) is 29.6 Å². The number of carbonyl (C=O) groups excluding carboxylic acids is 1. The number of benzene rings is 2. The first-order valence-corrected chi connectivity index (χ1v) is 9.09. The van der Waals surface area contributed by atoms with Crippen LogP contribution in [0.2, 0.25) is 0 Å². The van der Waals surface area contributed by atoms with Crippen molar-refractivity contribution in [2.45, 2.75) is 12.5 Å². The Morgan fingerprint density at radius 1 is 1.17 bits per heavy atom. The number of halogens is 3. The van der Waals surface area contributed by atoms with Crippen LogP contribution in [-0.2, 0) is 0 Å². The molecule has 0 saturated carbocycles. The summed E-state index contributed by atoms with van der Waals surface area (Å²) in [5.74, 6) is 0.262. The number of nitrogens with one attached hydrogen (secondary N) is 3. The summed E-state index contributed by atoms with van der Waals surface area (Å²) in [5.41, 5.74) is 8.99. The van der Waals surface area contributed by atoms with Gasteiger partial charge in [-0.05, 0) is 60.8 Å². The summed E-state index contributed by atoms with van der Waals surface area (Å²) in [6.45, 7) is 2.11. The molecule has 3 aromatic rings. The molecule has 1 fully saturated rings. The minimum atomic E-state index is -0.270. The highest BCUT2D eigenvalue weighted by molar-refractivity contribution is 5.95. The first-order chi connectivity index (χ1) is 13.1. The number of aromatic nitrogens is 2. The summed E-state index contributed by atoms with van der Waals surface area (Å²) in [7, 11) is 0. The number of nitrogens with zero attached hydrogens (tertiary/aromatic N) is 1. The molecule has 6 nitrogen and oxygen atoms in total. The van der Waals surface area contributed by atoms with Crippen LogP contribution in [0.1, 0.15) is 17.0 Å². The zero-order chi connectivity index (χ0) is 18.8. The van der Waals surface area contributed by atoms with Gasteiger partial charge in [0.1, 0.15) is 5.82 Å². The number of hydrogen-bond acceptors (Lipinski definition) is 4. The smallest absolute Gasteiger partial charge is 0.287 e. The number of rotatable bonds is 5. The van der Waals surface area contributed by atoms with Crippen LogP contribution in [0.5, 0.6) is 0 Å². The van der Waals surface area contributed by atoms with Crippen LogP contribution in [0.15, 0.2) is 42.5 Å². The Bertz CT molecular complexity index is 963. The molecule has 5 N–H and O–H groups in total. The SMILES string of the molecule is Cl.Cl.NC[C@@H]1CN[C@H](CNC(=O)c2nc3cc(-c4ccc(F)cc4)ccc3[nH]2)C1. The maximum atomic E-state index is 13.1. The van der Waals surface area contributed by atoms with Crippen LogP contribution in [0.25, 0.3) is 22.2 Å². The lowest BCUT2D eigenvalue weighted by molar-refractivity contribution is 0.0941. The lowest BCUT2D eigenvalue weighted by Gasteiger charge is -2.10. The van der Waals surface area contributed by atoms with Crippen molar-refractivity contribution < 1.29 is 9.18 Å². The first-order valence-electron chi connectivity index (χ1n) is 9.09. The highest BCUT2D eigenvalue weighted by Gasteiger charge is 2.23. The minimum Gasteiger partial charge on any atom is -0.348 e. The van der Waals surface area contributed by atoms with E-state index < -0.39 is 0 Å². The van der Waals surface area contributed by atoms with Crippen molar-refractivity contribution in [3.05, 3.63) is 54.1 Å². The molecule has 1 aliphatic rings. The van der Waals surface area contributed by atoms with Crippen molar-refractivity contribution in [1.82, 2.24) is 20.6 Å². The van der Waals surface area contributed by atoms with Crippen molar-refractivity contribution in [3.8, 4) is 11.1 Å². The van der Waals surface area contributed by atoms with E-state index in [9.17, 15) is 9.18 Å². The third-order valence-corrected chi connectivity index (χ3v) is 5.03. The van der Waals surface area contributed by atoms with E-state index in [2.05, 4.69) is 20.6 Å². The van der Waals surface area contributed by atoms with E-state index >= 15 is 0 Å². The van der Waals surface area contributed by atoms with Gasteiger partial charge in [-0.2, -0.15) is 0 Å². The lowest BCUT2D eigenvalue weighted by Crippen LogP contribution is -2.37. The van der Waals surface area contributed by atoms with Gasteiger partial charge in [0, 0.05) is 12.6 Å². The molecular formula is C20H24Cl2FN5O. The van der Waals surface area contributed by atoms with Gasteiger partial charge in [-0.15, -0.1) is 24.8 Å². The predicted molar refractivity (Wildman–Crippen MR) is 117 cm³/mol. The highest BCUT2D eigenvalue weighted by Crippen LogP contribution is 2.23. The average molecular weight is 440 g/mol. The van der Waals surface area contributed by atoms with Gasteiger partial charge in [0.25, 0.3) is 5.91 Å². The Morgan fingerprint density at radius 3 is 2.59 bits per heavy atom. The monoisotopic (exact) mass is 439 g/mol. The van der Waals surface area contributed by atoms with Gasteiger partial charge in [0.2, 0.25) is 0 Å². The molecule has 4 rings (SSSR count).